The highest BCUT2D eigenvalue weighted by atomic mass is 16.8. The number of cyclic esters (lactones) is 1. The first-order valence-corrected chi connectivity index (χ1v) is 12.0. The van der Waals surface area contributed by atoms with Crippen molar-refractivity contribution < 1.29 is 29.2 Å². The second-order valence-electron chi connectivity index (χ2n) is 9.63. The molecule has 2 aliphatic rings. The fraction of sp³-hybridized carbons (Fsp3) is 0.593. The van der Waals surface area contributed by atoms with E-state index in [2.05, 4.69) is 0 Å². The topological polar surface area (TPSA) is 85.2 Å². The molecule has 1 aromatic rings. The van der Waals surface area contributed by atoms with Crippen molar-refractivity contribution in [1.82, 2.24) is 0 Å². The number of aliphatic hydroxyl groups excluding tert-OH is 2. The van der Waals surface area contributed by atoms with Gasteiger partial charge in [0, 0.05) is 12.5 Å². The minimum Gasteiger partial charge on any atom is -0.458 e. The van der Waals surface area contributed by atoms with Gasteiger partial charge in [0.2, 0.25) is 0 Å². The first kappa shape index (κ1) is 25.6. The van der Waals surface area contributed by atoms with Crippen LogP contribution in [0.4, 0.5) is 0 Å². The molecule has 0 aromatic heterocycles. The third-order valence-corrected chi connectivity index (χ3v) is 6.46. The van der Waals surface area contributed by atoms with Crippen LogP contribution < -0.4 is 0 Å². The van der Waals surface area contributed by atoms with Gasteiger partial charge in [-0.05, 0) is 70.1 Å². The third kappa shape index (κ3) is 6.33. The van der Waals surface area contributed by atoms with Crippen molar-refractivity contribution in [3.05, 3.63) is 52.6 Å². The van der Waals surface area contributed by atoms with Crippen LogP contribution in [0.15, 0.2) is 30.4 Å². The summed E-state index contributed by atoms with van der Waals surface area (Å²) in [6, 6.07) is 4.01. The number of esters is 1. The highest BCUT2D eigenvalue weighted by Gasteiger charge is 2.43. The molecule has 2 N–H and O–H groups in total. The van der Waals surface area contributed by atoms with Crippen molar-refractivity contribution in [2.75, 3.05) is 6.61 Å². The Balaban J connectivity index is 2.03. The summed E-state index contributed by atoms with van der Waals surface area (Å²) in [5.41, 5.74) is 3.34. The molecule has 5 atom stereocenters. The first-order valence-electron chi connectivity index (χ1n) is 12.0. The summed E-state index contributed by atoms with van der Waals surface area (Å²) in [6.07, 6.45) is 8.35. The fourth-order valence-corrected chi connectivity index (χ4v) is 4.42. The highest BCUT2D eigenvalue weighted by molar-refractivity contribution is 5.96. The van der Waals surface area contributed by atoms with E-state index in [1.54, 1.807) is 6.08 Å². The van der Waals surface area contributed by atoms with Gasteiger partial charge in [0.25, 0.3) is 0 Å². The lowest BCUT2D eigenvalue weighted by Crippen LogP contribution is -2.34. The van der Waals surface area contributed by atoms with Gasteiger partial charge in [-0.15, -0.1) is 0 Å². The molecule has 2 heterocycles. The van der Waals surface area contributed by atoms with Gasteiger partial charge in [-0.25, -0.2) is 4.79 Å². The average molecular weight is 459 g/mol. The number of unbranched alkanes of at least 4 members (excludes halogenated alkanes) is 1. The Bertz CT molecular complexity index is 887. The Morgan fingerprint density at radius 2 is 1.88 bits per heavy atom. The molecule has 1 unspecified atom stereocenters. The molecule has 1 aromatic carbocycles. The Labute approximate surface area is 197 Å². The van der Waals surface area contributed by atoms with Crippen LogP contribution in [0.3, 0.4) is 0 Å². The van der Waals surface area contributed by atoms with Crippen LogP contribution in [0.5, 0.6) is 0 Å². The summed E-state index contributed by atoms with van der Waals surface area (Å²) < 4.78 is 18.0. The predicted molar refractivity (Wildman–Crippen MR) is 128 cm³/mol. The number of aryl methyl sites for hydroxylation is 2. The number of carbonyl (C=O) groups excluding carboxylic acids is 1. The van der Waals surface area contributed by atoms with E-state index in [-0.39, 0.29) is 30.7 Å². The van der Waals surface area contributed by atoms with Crippen molar-refractivity contribution in [2.24, 2.45) is 5.92 Å². The second kappa shape index (κ2) is 11.0. The second-order valence-corrected chi connectivity index (χ2v) is 9.63. The van der Waals surface area contributed by atoms with E-state index >= 15 is 0 Å². The molecule has 1 saturated heterocycles. The SMILES string of the molecule is Cc1ccc(CCCCO)c2c1C(=O)O[C@@H](C)[C@H](C)/C=C\C(O)[C@H]1OC(C)(C)O[C@H]1CC=C2. The van der Waals surface area contributed by atoms with Gasteiger partial charge in [0.05, 0.1) is 11.7 Å². The summed E-state index contributed by atoms with van der Waals surface area (Å²) in [5, 5.41) is 20.0. The van der Waals surface area contributed by atoms with Crippen molar-refractivity contribution in [1.29, 1.82) is 0 Å². The third-order valence-electron chi connectivity index (χ3n) is 6.46. The maximum atomic E-state index is 13.3. The zero-order valence-electron chi connectivity index (χ0n) is 20.4. The molecule has 6 nitrogen and oxygen atoms in total. The van der Waals surface area contributed by atoms with Crippen molar-refractivity contribution >= 4 is 12.0 Å². The van der Waals surface area contributed by atoms with Crippen LogP contribution >= 0.6 is 0 Å². The number of aliphatic hydroxyl groups is 2. The minimum absolute atomic E-state index is 0.0904. The lowest BCUT2D eigenvalue weighted by molar-refractivity contribution is -0.152. The van der Waals surface area contributed by atoms with Gasteiger partial charge >= 0.3 is 5.97 Å². The van der Waals surface area contributed by atoms with Crippen molar-refractivity contribution in [3.63, 3.8) is 0 Å². The van der Waals surface area contributed by atoms with Gasteiger partial charge in [-0.2, -0.15) is 0 Å². The van der Waals surface area contributed by atoms with Crippen LogP contribution in [0, 0.1) is 12.8 Å². The van der Waals surface area contributed by atoms with E-state index in [9.17, 15) is 15.0 Å². The maximum Gasteiger partial charge on any atom is 0.339 e. The van der Waals surface area contributed by atoms with Gasteiger partial charge in [-0.3, -0.25) is 0 Å². The molecule has 0 saturated carbocycles. The van der Waals surface area contributed by atoms with E-state index in [0.717, 1.165) is 29.5 Å². The van der Waals surface area contributed by atoms with E-state index in [1.807, 2.05) is 65.0 Å². The van der Waals surface area contributed by atoms with Crippen LogP contribution in [0.2, 0.25) is 0 Å². The van der Waals surface area contributed by atoms with E-state index < -0.39 is 18.0 Å². The molecule has 0 bridgehead atoms. The standard InChI is InChI=1S/C27H38O6/c1-17-13-15-22(29)25-23(32-27(4,5)33-25)11-8-10-21-20(9-6-7-16-28)14-12-18(2)24(21)26(30)31-19(17)3/h8,10,12-15,17,19,22-23,25,28-29H,6-7,9,11,16H2,1-5H3/b10-8?,15-13-/t17-,19+,22?,23+,25-/m1/s1. The van der Waals surface area contributed by atoms with Gasteiger partial charge in [0.15, 0.2) is 5.79 Å². The summed E-state index contributed by atoms with van der Waals surface area (Å²) in [6.45, 7) is 9.59. The van der Waals surface area contributed by atoms with Gasteiger partial charge in [0.1, 0.15) is 18.3 Å². The van der Waals surface area contributed by atoms with Crippen LogP contribution in [-0.2, 0) is 20.6 Å². The lowest BCUT2D eigenvalue weighted by Gasteiger charge is -2.23. The molecule has 6 heteroatoms. The summed E-state index contributed by atoms with van der Waals surface area (Å²) in [5.74, 6) is -1.22. The van der Waals surface area contributed by atoms with E-state index in [0.29, 0.717) is 18.4 Å². The monoisotopic (exact) mass is 458 g/mol. The van der Waals surface area contributed by atoms with Crippen molar-refractivity contribution in [3.8, 4) is 0 Å². The lowest BCUT2D eigenvalue weighted by atomic mass is 9.92. The Morgan fingerprint density at radius 1 is 1.12 bits per heavy atom. The van der Waals surface area contributed by atoms with Crippen LogP contribution in [0.25, 0.3) is 6.08 Å². The van der Waals surface area contributed by atoms with Crippen molar-refractivity contribution in [2.45, 2.75) is 90.5 Å². The van der Waals surface area contributed by atoms with Gasteiger partial charge < -0.3 is 24.4 Å². The average Bonchev–Trinajstić information content (AvgIpc) is 3.07. The predicted octanol–water partition coefficient (Wildman–Crippen LogP) is 4.35. The van der Waals surface area contributed by atoms with E-state index in [1.165, 1.54) is 0 Å². The Kier molecular flexibility index (Phi) is 8.51. The molecule has 0 spiro atoms. The Morgan fingerprint density at radius 3 is 2.61 bits per heavy atom. The van der Waals surface area contributed by atoms with Crippen LogP contribution in [0.1, 0.15) is 74.0 Å². The normalized spacial score (nSPS) is 30.8. The molecule has 182 valence electrons. The molecule has 2 aliphatic heterocycles. The molecule has 1 fully saturated rings. The molecule has 33 heavy (non-hydrogen) atoms. The number of hydrogen-bond donors (Lipinski definition) is 2. The fourth-order valence-electron chi connectivity index (χ4n) is 4.42. The number of hydrogen-bond acceptors (Lipinski definition) is 6. The summed E-state index contributed by atoms with van der Waals surface area (Å²) in [7, 11) is 0. The zero-order valence-corrected chi connectivity index (χ0v) is 20.4. The summed E-state index contributed by atoms with van der Waals surface area (Å²) >= 11 is 0. The minimum atomic E-state index is -0.831. The number of fused-ring (bicyclic) bond motifs is 2. The molecule has 0 amide bonds. The zero-order chi connectivity index (χ0) is 24.2. The highest BCUT2D eigenvalue weighted by Crippen LogP contribution is 2.33. The largest absolute Gasteiger partial charge is 0.458 e. The smallest absolute Gasteiger partial charge is 0.339 e. The van der Waals surface area contributed by atoms with Crippen LogP contribution in [-0.4, -0.2) is 53.0 Å². The van der Waals surface area contributed by atoms with E-state index in [4.69, 9.17) is 14.2 Å². The quantitative estimate of drug-likeness (QED) is 0.397. The number of carbonyl (C=O) groups is 1. The molecule has 3 rings (SSSR count). The first-order chi connectivity index (χ1) is 15.6. The number of ether oxygens (including phenoxy) is 3. The number of rotatable bonds is 4. The van der Waals surface area contributed by atoms with Gasteiger partial charge in [-0.1, -0.05) is 43.4 Å². The Hall–Kier alpha value is -1.99. The molecular formula is C27H38O6. The maximum absolute atomic E-state index is 13.3. The number of benzene rings is 1. The molecule has 0 radical (unpaired) electrons. The molecule has 0 aliphatic carbocycles. The molecular weight excluding hydrogens is 420 g/mol. The summed E-state index contributed by atoms with van der Waals surface area (Å²) in [4.78, 5) is 13.3.